The third kappa shape index (κ3) is 4.69. The van der Waals surface area contributed by atoms with Gasteiger partial charge >= 0.3 is 11.9 Å². The first-order chi connectivity index (χ1) is 21.4. The quantitative estimate of drug-likeness (QED) is 0.159. The number of ether oxygens (including phenoxy) is 1. The second kappa shape index (κ2) is 11.1. The molecule has 0 unspecified atom stereocenters. The molecule has 2 aliphatic heterocycles. The number of aromatic nitrogens is 4. The average molecular weight is 611 g/mol. The van der Waals surface area contributed by atoms with Crippen LogP contribution in [0.5, 0.6) is 0 Å². The number of esters is 1. The lowest BCUT2D eigenvalue weighted by atomic mass is 9.84. The van der Waals surface area contributed by atoms with Gasteiger partial charge in [-0.15, -0.1) is 0 Å². The van der Waals surface area contributed by atoms with Crippen molar-refractivity contribution in [1.82, 2.24) is 19.9 Å². The summed E-state index contributed by atoms with van der Waals surface area (Å²) in [6.07, 6.45) is 0.999. The third-order valence-electron chi connectivity index (χ3n) is 10.1. The van der Waals surface area contributed by atoms with Crippen LogP contribution in [-0.4, -0.2) is 55.7 Å². The largest absolute Gasteiger partial charge is 0.481 e. The van der Waals surface area contributed by atoms with Gasteiger partial charge in [0.1, 0.15) is 5.92 Å². The number of carbonyl (C=O) groups excluding carboxylic acids is 3. The second-order valence-electron chi connectivity index (χ2n) is 12.6. The lowest BCUT2D eigenvalue weighted by Crippen LogP contribution is -2.21. The van der Waals surface area contributed by atoms with Gasteiger partial charge in [0.2, 0.25) is 0 Å². The molecule has 45 heavy (non-hydrogen) atoms. The van der Waals surface area contributed by atoms with E-state index in [2.05, 4.69) is 23.8 Å². The normalized spacial score (nSPS) is 22.1. The van der Waals surface area contributed by atoms with Crippen molar-refractivity contribution in [3.63, 3.8) is 0 Å². The van der Waals surface area contributed by atoms with Crippen molar-refractivity contribution in [2.75, 3.05) is 7.11 Å². The minimum absolute atomic E-state index is 0.0719. The van der Waals surface area contributed by atoms with Gasteiger partial charge in [0.15, 0.2) is 11.6 Å². The molecule has 6 rings (SSSR count). The predicted molar refractivity (Wildman–Crippen MR) is 169 cm³/mol. The van der Waals surface area contributed by atoms with Crippen LogP contribution < -0.4 is 0 Å². The minimum Gasteiger partial charge on any atom is -0.481 e. The van der Waals surface area contributed by atoms with Gasteiger partial charge in [0.25, 0.3) is 0 Å². The monoisotopic (exact) mass is 610 g/mol. The molecule has 8 bridgehead atoms. The van der Waals surface area contributed by atoms with Crippen LogP contribution in [0.1, 0.15) is 137 Å². The minimum atomic E-state index is -1.22. The van der Waals surface area contributed by atoms with Gasteiger partial charge in [0, 0.05) is 74.9 Å². The number of nitrogens with zero attached hydrogens (tertiary/aromatic N) is 2. The van der Waals surface area contributed by atoms with E-state index < -0.39 is 17.9 Å². The second-order valence-corrected chi connectivity index (χ2v) is 12.6. The number of rotatable bonds is 6. The van der Waals surface area contributed by atoms with E-state index in [1.54, 1.807) is 6.92 Å². The van der Waals surface area contributed by atoms with Crippen molar-refractivity contribution in [3.05, 3.63) is 68.8 Å². The number of Topliss-reactive ketones (excluding diaryl/α,β-unsaturated/α-hetero) is 2. The Morgan fingerprint density at radius 2 is 1.53 bits per heavy atom. The molecule has 0 radical (unpaired) electrons. The summed E-state index contributed by atoms with van der Waals surface area (Å²) < 4.78 is 5.13. The Morgan fingerprint density at radius 1 is 0.911 bits per heavy atom. The van der Waals surface area contributed by atoms with Crippen LogP contribution in [-0.2, 0) is 14.3 Å². The Balaban J connectivity index is 1.81. The highest BCUT2D eigenvalue weighted by atomic mass is 16.5. The van der Waals surface area contributed by atoms with Crippen LogP contribution >= 0.6 is 0 Å². The molecule has 0 saturated carbocycles. The topological polar surface area (TPSA) is 155 Å². The van der Waals surface area contributed by atoms with E-state index in [0.29, 0.717) is 50.2 Å². The molecule has 0 saturated heterocycles. The lowest BCUT2D eigenvalue weighted by molar-refractivity contribution is -0.141. The summed E-state index contributed by atoms with van der Waals surface area (Å²) in [4.78, 5) is 68.9. The number of carbonyl (C=O) groups is 4. The van der Waals surface area contributed by atoms with Gasteiger partial charge in [-0.05, 0) is 62.9 Å². The van der Waals surface area contributed by atoms with Gasteiger partial charge in [-0.3, -0.25) is 29.1 Å². The first-order valence-electron chi connectivity index (χ1n) is 15.5. The van der Waals surface area contributed by atoms with Gasteiger partial charge in [-0.25, -0.2) is 0 Å². The van der Waals surface area contributed by atoms with Crippen LogP contribution in [0.2, 0.25) is 0 Å². The number of nitrogens with one attached hydrogen (secondary N) is 2. The fourth-order valence-corrected chi connectivity index (χ4v) is 7.61. The van der Waals surface area contributed by atoms with E-state index in [0.717, 1.165) is 28.9 Å². The van der Waals surface area contributed by atoms with Crippen LogP contribution in [0.4, 0.5) is 0 Å². The predicted octanol–water partition coefficient (Wildman–Crippen LogP) is 6.64. The third-order valence-corrected chi connectivity index (χ3v) is 10.1. The van der Waals surface area contributed by atoms with Crippen LogP contribution in [0.25, 0.3) is 22.1 Å². The highest BCUT2D eigenvalue weighted by molar-refractivity contribution is 6.23. The molecule has 0 spiro atoms. The fourth-order valence-electron chi connectivity index (χ4n) is 7.61. The molecule has 0 amide bonds. The van der Waals surface area contributed by atoms with Crippen LogP contribution in [0.15, 0.2) is 18.2 Å². The first kappa shape index (κ1) is 30.4. The van der Waals surface area contributed by atoms with Crippen molar-refractivity contribution in [2.24, 2.45) is 0 Å². The maximum atomic E-state index is 14.0. The maximum Gasteiger partial charge on any atom is 0.321 e. The van der Waals surface area contributed by atoms with Crippen molar-refractivity contribution in [1.29, 1.82) is 0 Å². The number of fused-ring (bicyclic) bond motifs is 8. The van der Waals surface area contributed by atoms with E-state index >= 15 is 0 Å². The molecule has 3 N–H and O–H groups in total. The maximum absolute atomic E-state index is 14.0. The van der Waals surface area contributed by atoms with E-state index in [1.807, 2.05) is 39.0 Å². The molecule has 0 fully saturated rings. The Labute approximate surface area is 260 Å². The van der Waals surface area contributed by atoms with Gasteiger partial charge in [0.05, 0.1) is 23.8 Å². The fraction of sp³-hybridized carbons (Fsp3) is 0.429. The molecule has 3 aromatic heterocycles. The number of aromatic amines is 2. The summed E-state index contributed by atoms with van der Waals surface area (Å²) in [5.74, 6) is -3.69. The summed E-state index contributed by atoms with van der Waals surface area (Å²) in [5.41, 5.74) is 8.46. The Hall–Kier alpha value is -4.60. The number of H-pyrrole nitrogens is 2. The molecule has 3 aromatic rings. The van der Waals surface area contributed by atoms with E-state index in [9.17, 15) is 24.3 Å². The first-order valence-corrected chi connectivity index (χ1v) is 15.5. The molecule has 10 heteroatoms. The SMILES string of the molecule is CC[C@H]1c2cc3[nH]c4c(c3C)C(=O)[C@H](C(=O)OC)c4c3nc(cc4[nH]c(cc(n2)[C@@H]1C)c(C(C)=O)c4C)[C@@H](C)[C@@H]3CCC(=O)O. The van der Waals surface area contributed by atoms with E-state index in [4.69, 9.17) is 14.7 Å². The van der Waals surface area contributed by atoms with Crippen molar-refractivity contribution in [2.45, 2.75) is 90.4 Å². The summed E-state index contributed by atoms with van der Waals surface area (Å²) in [6.45, 7) is 11.5. The number of ketones is 2. The number of hydrogen-bond donors (Lipinski definition) is 3. The number of methoxy groups -OCH3 is 1. The molecular formula is C35H38N4O6. The van der Waals surface area contributed by atoms with E-state index in [-0.39, 0.29) is 48.1 Å². The number of aliphatic carboxylic acids is 1. The van der Waals surface area contributed by atoms with Crippen LogP contribution in [0.3, 0.4) is 0 Å². The van der Waals surface area contributed by atoms with Crippen molar-refractivity contribution in [3.8, 4) is 0 Å². The molecular weight excluding hydrogens is 572 g/mol. The van der Waals surface area contributed by atoms with Gasteiger partial charge < -0.3 is 19.8 Å². The number of aryl methyl sites for hydroxylation is 2. The number of hydrogen-bond acceptors (Lipinski definition) is 7. The molecule has 1 aliphatic carbocycles. The summed E-state index contributed by atoms with van der Waals surface area (Å²) in [5, 5.41) is 9.60. The number of carboxylic acid groups (broad SMARTS) is 1. The summed E-state index contributed by atoms with van der Waals surface area (Å²) in [7, 11) is 1.25. The molecule has 234 valence electrons. The summed E-state index contributed by atoms with van der Waals surface area (Å²) in [6, 6.07) is 5.84. The highest BCUT2D eigenvalue weighted by Gasteiger charge is 2.45. The molecule has 10 nitrogen and oxygen atoms in total. The molecule has 0 aromatic carbocycles. The van der Waals surface area contributed by atoms with Crippen molar-refractivity contribution < 1.29 is 29.0 Å². The summed E-state index contributed by atoms with van der Waals surface area (Å²) >= 11 is 0. The van der Waals surface area contributed by atoms with Gasteiger partial charge in [-0.2, -0.15) is 0 Å². The standard InChI is InChI=1S/C35H38N4O6/c1-8-19-14(2)21-13-26-28(18(6)40)16(4)23(37-26)11-22-15(3)20(9-10-27(41)42)32(38-22)30-31(35(44)45-7)34(43)29-17(5)24(39-33(29)30)12-25(19)36-21/h11-15,19-20,31,37,39H,8-10H2,1-7H3,(H,41,42)/t14-,15+,19-,20+,31-/m1/s1. The molecule has 5 atom stereocenters. The van der Waals surface area contributed by atoms with E-state index in [1.165, 1.54) is 7.11 Å². The molecule has 5 heterocycles. The van der Waals surface area contributed by atoms with Crippen LogP contribution in [0, 0.1) is 13.8 Å². The lowest BCUT2D eigenvalue weighted by Gasteiger charge is -2.18. The Morgan fingerprint density at radius 3 is 2.18 bits per heavy atom. The zero-order chi connectivity index (χ0) is 32.5. The number of carboxylic acids is 1. The van der Waals surface area contributed by atoms with Gasteiger partial charge in [-0.1, -0.05) is 20.8 Å². The molecule has 3 aliphatic rings. The zero-order valence-electron chi connectivity index (χ0n) is 26.6. The van der Waals surface area contributed by atoms with Crippen molar-refractivity contribution >= 4 is 45.6 Å². The zero-order valence-corrected chi connectivity index (χ0v) is 26.6. The Kier molecular flexibility index (Phi) is 7.49. The Bertz CT molecular complexity index is 1970. The highest BCUT2D eigenvalue weighted by Crippen LogP contribution is 2.48. The average Bonchev–Trinajstić information content (AvgIpc) is 3.72. The smallest absolute Gasteiger partial charge is 0.321 e.